The Kier molecular flexibility index (Phi) is 2.48. The molecule has 2 rings (SSSR count). The summed E-state index contributed by atoms with van der Waals surface area (Å²) in [5.74, 6) is -0.467. The summed E-state index contributed by atoms with van der Waals surface area (Å²) in [6.45, 7) is 3.83. The van der Waals surface area contributed by atoms with Crippen LogP contribution in [-0.4, -0.2) is 23.5 Å². The maximum absolute atomic E-state index is 11.7. The summed E-state index contributed by atoms with van der Waals surface area (Å²) in [4.78, 5) is 22.5. The molecule has 0 aromatic rings. The quantitative estimate of drug-likeness (QED) is 0.743. The summed E-state index contributed by atoms with van der Waals surface area (Å²) in [5, 5.41) is 11.8. The molecule has 0 aromatic heterocycles. The van der Waals surface area contributed by atoms with Gasteiger partial charge in [0.05, 0.1) is 5.41 Å². The maximum Gasteiger partial charge on any atom is 0.309 e. The third-order valence-electron chi connectivity index (χ3n) is 4.03. The van der Waals surface area contributed by atoms with Crippen LogP contribution >= 0.6 is 0 Å². The number of rotatable bonds is 5. The summed E-state index contributed by atoms with van der Waals surface area (Å²) in [7, 11) is 0. The number of carbonyl (C=O) groups excluding carboxylic acids is 1. The molecule has 0 heterocycles. The molecule has 0 saturated heterocycles. The molecule has 16 heavy (non-hydrogen) atoms. The van der Waals surface area contributed by atoms with Gasteiger partial charge in [-0.05, 0) is 44.9 Å². The SMILES string of the molecule is CC(C)(CCNC(=O)C1CC12CC2)C(=O)O. The fourth-order valence-electron chi connectivity index (χ4n) is 2.16. The van der Waals surface area contributed by atoms with E-state index in [0.29, 0.717) is 18.4 Å². The van der Waals surface area contributed by atoms with Gasteiger partial charge in [0.1, 0.15) is 0 Å². The Bertz CT molecular complexity index is 331. The summed E-state index contributed by atoms with van der Waals surface area (Å²) in [5.41, 5.74) is -0.375. The number of carboxylic acids is 1. The standard InChI is InChI=1S/C12H19NO3/c1-11(2,10(15)16)5-6-13-9(14)8-7-12(8)3-4-12/h8H,3-7H2,1-2H3,(H,13,14)(H,15,16). The number of carbonyl (C=O) groups is 2. The Hall–Kier alpha value is -1.06. The van der Waals surface area contributed by atoms with Crippen molar-refractivity contribution < 1.29 is 14.7 Å². The molecule has 2 aliphatic rings. The number of nitrogens with one attached hydrogen (secondary N) is 1. The maximum atomic E-state index is 11.7. The van der Waals surface area contributed by atoms with Gasteiger partial charge in [-0.25, -0.2) is 0 Å². The van der Waals surface area contributed by atoms with Crippen LogP contribution in [0.3, 0.4) is 0 Å². The molecular weight excluding hydrogens is 206 g/mol. The molecule has 1 atom stereocenters. The number of hydrogen-bond acceptors (Lipinski definition) is 2. The molecule has 0 aliphatic heterocycles. The minimum Gasteiger partial charge on any atom is -0.481 e. The van der Waals surface area contributed by atoms with Crippen LogP contribution in [0, 0.1) is 16.7 Å². The van der Waals surface area contributed by atoms with Crippen LogP contribution in [0.4, 0.5) is 0 Å². The van der Waals surface area contributed by atoms with Crippen LogP contribution in [0.5, 0.6) is 0 Å². The second-order valence-corrected chi connectivity index (χ2v) is 5.85. The molecule has 0 radical (unpaired) electrons. The van der Waals surface area contributed by atoms with Crippen molar-refractivity contribution in [2.45, 2.75) is 39.5 Å². The monoisotopic (exact) mass is 225 g/mol. The van der Waals surface area contributed by atoms with Gasteiger partial charge >= 0.3 is 5.97 Å². The van der Waals surface area contributed by atoms with Gasteiger partial charge in [-0.3, -0.25) is 9.59 Å². The van der Waals surface area contributed by atoms with E-state index in [0.717, 1.165) is 6.42 Å². The first-order valence-electron chi connectivity index (χ1n) is 5.89. The third-order valence-corrected chi connectivity index (χ3v) is 4.03. The minimum absolute atomic E-state index is 0.124. The van der Waals surface area contributed by atoms with Gasteiger partial charge in [0.2, 0.25) is 5.91 Å². The highest BCUT2D eigenvalue weighted by Crippen LogP contribution is 2.70. The van der Waals surface area contributed by atoms with Crippen LogP contribution in [0.2, 0.25) is 0 Å². The highest BCUT2D eigenvalue weighted by Gasteiger charge is 2.65. The Morgan fingerprint density at radius 1 is 1.44 bits per heavy atom. The van der Waals surface area contributed by atoms with Gasteiger partial charge in [-0.2, -0.15) is 0 Å². The van der Waals surface area contributed by atoms with Crippen molar-refractivity contribution in [2.24, 2.45) is 16.7 Å². The Balaban J connectivity index is 1.68. The van der Waals surface area contributed by atoms with Crippen LogP contribution in [0.15, 0.2) is 0 Å². The molecule has 2 saturated carbocycles. The highest BCUT2D eigenvalue weighted by atomic mass is 16.4. The van der Waals surface area contributed by atoms with E-state index >= 15 is 0 Å². The van der Waals surface area contributed by atoms with Crippen molar-refractivity contribution in [3.63, 3.8) is 0 Å². The van der Waals surface area contributed by atoms with E-state index in [1.165, 1.54) is 12.8 Å². The molecule has 0 bridgehead atoms. The molecule has 1 amide bonds. The average Bonchev–Trinajstić information content (AvgIpc) is 3.07. The lowest BCUT2D eigenvalue weighted by molar-refractivity contribution is -0.147. The molecule has 4 heteroatoms. The Morgan fingerprint density at radius 2 is 2.06 bits per heavy atom. The van der Waals surface area contributed by atoms with Crippen LogP contribution < -0.4 is 5.32 Å². The molecule has 4 nitrogen and oxygen atoms in total. The third kappa shape index (κ3) is 2.06. The fraction of sp³-hybridized carbons (Fsp3) is 0.833. The van der Waals surface area contributed by atoms with Crippen LogP contribution in [-0.2, 0) is 9.59 Å². The van der Waals surface area contributed by atoms with E-state index < -0.39 is 11.4 Å². The van der Waals surface area contributed by atoms with E-state index in [1.807, 2.05) is 0 Å². The van der Waals surface area contributed by atoms with E-state index in [2.05, 4.69) is 5.32 Å². The van der Waals surface area contributed by atoms with Crippen molar-refractivity contribution in [1.82, 2.24) is 5.32 Å². The van der Waals surface area contributed by atoms with E-state index in [-0.39, 0.29) is 11.8 Å². The van der Waals surface area contributed by atoms with Gasteiger partial charge in [0, 0.05) is 12.5 Å². The van der Waals surface area contributed by atoms with Crippen molar-refractivity contribution in [3.05, 3.63) is 0 Å². The normalized spacial score (nSPS) is 25.2. The molecule has 1 spiro atoms. The van der Waals surface area contributed by atoms with E-state index in [4.69, 9.17) is 5.11 Å². The first-order chi connectivity index (χ1) is 7.37. The molecule has 2 fully saturated rings. The lowest BCUT2D eigenvalue weighted by Gasteiger charge is -2.18. The highest BCUT2D eigenvalue weighted by molar-refractivity contribution is 5.83. The predicted molar refractivity (Wildman–Crippen MR) is 58.8 cm³/mol. The minimum atomic E-state index is -0.813. The predicted octanol–water partition coefficient (Wildman–Crippen LogP) is 1.40. The number of hydrogen-bond donors (Lipinski definition) is 2. The van der Waals surface area contributed by atoms with Crippen molar-refractivity contribution in [2.75, 3.05) is 6.54 Å². The van der Waals surface area contributed by atoms with E-state index in [9.17, 15) is 9.59 Å². The molecule has 2 aliphatic carbocycles. The van der Waals surface area contributed by atoms with Crippen LogP contribution in [0.1, 0.15) is 39.5 Å². The summed E-state index contributed by atoms with van der Waals surface area (Å²) in [6.07, 6.45) is 3.92. The molecular formula is C12H19NO3. The molecule has 2 N–H and O–H groups in total. The van der Waals surface area contributed by atoms with Crippen molar-refractivity contribution in [3.8, 4) is 0 Å². The Labute approximate surface area is 95.4 Å². The van der Waals surface area contributed by atoms with Gasteiger partial charge in [0.15, 0.2) is 0 Å². The average molecular weight is 225 g/mol. The van der Waals surface area contributed by atoms with Crippen molar-refractivity contribution in [1.29, 1.82) is 0 Å². The van der Waals surface area contributed by atoms with Gasteiger partial charge < -0.3 is 10.4 Å². The summed E-state index contributed by atoms with van der Waals surface area (Å²) >= 11 is 0. The molecule has 1 unspecified atom stereocenters. The first-order valence-corrected chi connectivity index (χ1v) is 5.89. The molecule has 0 aromatic carbocycles. The number of aliphatic carboxylic acids is 1. The number of carboxylic acid groups (broad SMARTS) is 1. The Morgan fingerprint density at radius 3 is 2.50 bits per heavy atom. The smallest absolute Gasteiger partial charge is 0.309 e. The fourth-order valence-corrected chi connectivity index (χ4v) is 2.16. The zero-order chi connectivity index (χ0) is 12.0. The number of amides is 1. The molecule has 90 valence electrons. The lowest BCUT2D eigenvalue weighted by atomic mass is 9.90. The zero-order valence-corrected chi connectivity index (χ0v) is 9.88. The van der Waals surface area contributed by atoms with E-state index in [1.54, 1.807) is 13.8 Å². The zero-order valence-electron chi connectivity index (χ0n) is 9.88. The second-order valence-electron chi connectivity index (χ2n) is 5.85. The van der Waals surface area contributed by atoms with Gasteiger partial charge in [0.25, 0.3) is 0 Å². The topological polar surface area (TPSA) is 66.4 Å². The van der Waals surface area contributed by atoms with Gasteiger partial charge in [-0.1, -0.05) is 0 Å². The summed E-state index contributed by atoms with van der Waals surface area (Å²) in [6, 6.07) is 0. The largest absolute Gasteiger partial charge is 0.481 e. The van der Waals surface area contributed by atoms with Gasteiger partial charge in [-0.15, -0.1) is 0 Å². The second kappa shape index (κ2) is 3.47. The van der Waals surface area contributed by atoms with Crippen molar-refractivity contribution >= 4 is 11.9 Å². The lowest BCUT2D eigenvalue weighted by Crippen LogP contribution is -2.32. The summed E-state index contributed by atoms with van der Waals surface area (Å²) < 4.78 is 0. The van der Waals surface area contributed by atoms with Crippen LogP contribution in [0.25, 0.3) is 0 Å². The first kappa shape index (κ1) is 11.4.